The number of nitro groups is 1. The molecule has 0 aliphatic carbocycles. The summed E-state index contributed by atoms with van der Waals surface area (Å²) in [5, 5.41) is 16.6. The molecule has 0 unspecified atom stereocenters. The average Bonchev–Trinajstić information content (AvgIpc) is 2.56. The van der Waals surface area contributed by atoms with Crippen LogP contribution in [-0.2, 0) is 0 Å². The van der Waals surface area contributed by atoms with Crippen molar-refractivity contribution in [1.82, 2.24) is 0 Å². The molecule has 0 aliphatic heterocycles. The normalized spacial score (nSPS) is 9.96. The zero-order valence-corrected chi connectivity index (χ0v) is 13.7. The highest BCUT2D eigenvalue weighted by atomic mass is 16.6. The molecule has 7 nitrogen and oxygen atoms in total. The van der Waals surface area contributed by atoms with Crippen LogP contribution < -0.4 is 10.6 Å². The van der Waals surface area contributed by atoms with Crippen LogP contribution in [-0.4, -0.2) is 35.3 Å². The highest BCUT2D eigenvalue weighted by Gasteiger charge is 2.10. The fourth-order valence-electron chi connectivity index (χ4n) is 1.90. The molecule has 1 amide bonds. The molecule has 0 aromatic heterocycles. The molecule has 0 spiro atoms. The van der Waals surface area contributed by atoms with E-state index in [1.165, 1.54) is 24.3 Å². The summed E-state index contributed by atoms with van der Waals surface area (Å²) in [6, 6.07) is 12.8. The monoisotopic (exact) mass is 327 g/mol. The third kappa shape index (κ3) is 4.39. The number of carbonyl (C=O) groups is 1. The second kappa shape index (κ2) is 7.36. The van der Waals surface area contributed by atoms with Crippen molar-refractivity contribution < 1.29 is 14.3 Å². The molecule has 2 rings (SSSR count). The number of anilines is 2. The van der Waals surface area contributed by atoms with Gasteiger partial charge in [0.25, 0.3) is 11.6 Å². The Kier molecular flexibility index (Phi) is 5.26. The molecule has 7 heteroatoms. The van der Waals surface area contributed by atoms with E-state index in [-0.39, 0.29) is 11.6 Å². The minimum Gasteiger partial charge on any atom is -0.322 e. The predicted molar refractivity (Wildman–Crippen MR) is 93.9 cm³/mol. The molecular formula is C17H19N4O3+. The van der Waals surface area contributed by atoms with Gasteiger partial charge in [0.15, 0.2) is 0 Å². The van der Waals surface area contributed by atoms with E-state index < -0.39 is 4.92 Å². The molecule has 2 aromatic rings. The number of hydrogen-bond acceptors (Lipinski definition) is 3. The third-order valence-electron chi connectivity index (χ3n) is 3.48. The van der Waals surface area contributed by atoms with Gasteiger partial charge in [-0.15, -0.1) is 0 Å². The summed E-state index contributed by atoms with van der Waals surface area (Å²) in [6.45, 7) is 1.96. The summed E-state index contributed by atoms with van der Waals surface area (Å²) in [5.74, 6) is 0.680. The van der Waals surface area contributed by atoms with E-state index in [1.807, 2.05) is 37.7 Å². The molecule has 0 atom stereocenters. The smallest absolute Gasteiger partial charge is 0.269 e. The Morgan fingerprint density at radius 3 is 1.88 bits per heavy atom. The van der Waals surface area contributed by atoms with Crippen molar-refractivity contribution in [3.8, 4) is 0 Å². The minimum absolute atomic E-state index is 0.0468. The van der Waals surface area contributed by atoms with E-state index in [0.29, 0.717) is 11.3 Å². The van der Waals surface area contributed by atoms with Gasteiger partial charge in [0.1, 0.15) is 5.69 Å². The zero-order valence-electron chi connectivity index (χ0n) is 13.7. The molecule has 2 N–H and O–H groups in total. The summed E-state index contributed by atoms with van der Waals surface area (Å²) in [7, 11) is 3.89. The number of nitrogens with zero attached hydrogens (tertiary/aromatic N) is 2. The van der Waals surface area contributed by atoms with E-state index >= 15 is 0 Å². The van der Waals surface area contributed by atoms with Crippen LogP contribution in [0.15, 0.2) is 48.5 Å². The second-order valence-electron chi connectivity index (χ2n) is 5.44. The number of rotatable bonds is 4. The van der Waals surface area contributed by atoms with E-state index in [9.17, 15) is 14.9 Å². The van der Waals surface area contributed by atoms with E-state index in [1.54, 1.807) is 12.1 Å². The lowest BCUT2D eigenvalue weighted by atomic mass is 10.2. The van der Waals surface area contributed by atoms with Gasteiger partial charge in [-0.25, -0.2) is 5.32 Å². The fourth-order valence-corrected chi connectivity index (χ4v) is 1.90. The van der Waals surface area contributed by atoms with Crippen LogP contribution in [0.2, 0.25) is 0 Å². The van der Waals surface area contributed by atoms with Crippen LogP contribution in [0, 0.1) is 10.1 Å². The molecule has 24 heavy (non-hydrogen) atoms. The first-order valence-corrected chi connectivity index (χ1v) is 7.30. The van der Waals surface area contributed by atoms with Crippen LogP contribution in [0.5, 0.6) is 0 Å². The van der Waals surface area contributed by atoms with Crippen molar-refractivity contribution in [1.29, 1.82) is 0 Å². The van der Waals surface area contributed by atoms with Crippen LogP contribution >= 0.6 is 0 Å². The Labute approximate surface area is 139 Å². The molecule has 0 aliphatic rings. The molecule has 0 radical (unpaired) electrons. The van der Waals surface area contributed by atoms with Gasteiger partial charge >= 0.3 is 0 Å². The highest BCUT2D eigenvalue weighted by Crippen LogP contribution is 2.16. The first kappa shape index (κ1) is 17.1. The Bertz CT molecular complexity index is 776. The fraction of sp³-hybridized carbons (Fsp3) is 0.176. The van der Waals surface area contributed by atoms with Gasteiger partial charge in [-0.3, -0.25) is 19.5 Å². The van der Waals surface area contributed by atoms with Gasteiger partial charge in [-0.05, 0) is 36.4 Å². The Morgan fingerprint density at radius 1 is 0.917 bits per heavy atom. The molecule has 0 bridgehead atoms. The number of hydrogen-bond donors (Lipinski definition) is 2. The second-order valence-corrected chi connectivity index (χ2v) is 5.44. The van der Waals surface area contributed by atoms with Gasteiger partial charge in [0.05, 0.1) is 19.0 Å². The minimum atomic E-state index is -0.500. The number of amides is 1. The van der Waals surface area contributed by atoms with E-state index in [0.717, 1.165) is 11.5 Å². The molecule has 0 fully saturated rings. The maximum Gasteiger partial charge on any atom is 0.269 e. The Balaban J connectivity index is 2.04. The quantitative estimate of drug-likeness (QED) is 0.297. The summed E-state index contributed by atoms with van der Waals surface area (Å²) < 4.78 is 1.96. The Morgan fingerprint density at radius 2 is 1.42 bits per heavy atom. The van der Waals surface area contributed by atoms with Crippen molar-refractivity contribution in [3.63, 3.8) is 0 Å². The van der Waals surface area contributed by atoms with Crippen LogP contribution in [0.3, 0.4) is 0 Å². The number of benzene rings is 2. The molecule has 2 aromatic carbocycles. The van der Waals surface area contributed by atoms with Gasteiger partial charge in [-0.2, -0.15) is 0 Å². The predicted octanol–water partition coefficient (Wildman–Crippen LogP) is 2.95. The molecular weight excluding hydrogens is 308 g/mol. The van der Waals surface area contributed by atoms with Crippen LogP contribution in [0.25, 0.3) is 0 Å². The third-order valence-corrected chi connectivity index (χ3v) is 3.48. The van der Waals surface area contributed by atoms with Gasteiger partial charge in [0.2, 0.25) is 5.84 Å². The summed E-state index contributed by atoms with van der Waals surface area (Å²) in [6.07, 6.45) is 0. The van der Waals surface area contributed by atoms with Gasteiger partial charge in [0, 0.05) is 30.3 Å². The van der Waals surface area contributed by atoms with E-state index in [2.05, 4.69) is 10.6 Å². The number of amidine groups is 1. The lowest BCUT2D eigenvalue weighted by Crippen LogP contribution is -2.18. The van der Waals surface area contributed by atoms with Gasteiger partial charge in [-0.1, -0.05) is 0 Å². The zero-order chi connectivity index (χ0) is 17.7. The SMILES string of the molecule is CC(Nc1ccc(NC(=O)c2ccc([N+](=O)[O-])cc2)cc1)=[N+](C)C. The largest absolute Gasteiger partial charge is 0.322 e. The highest BCUT2D eigenvalue weighted by molar-refractivity contribution is 6.04. The number of non-ortho nitro benzene ring substituents is 1. The first-order chi connectivity index (χ1) is 11.4. The standard InChI is InChI=1S/C17H18N4O3/c1-12(20(2)3)18-14-6-8-15(9-7-14)19-17(22)13-4-10-16(11-5-13)21(23)24/h4-11H,1-3H3,(H,19,22)/p+1. The maximum absolute atomic E-state index is 12.1. The van der Waals surface area contributed by atoms with Gasteiger partial charge < -0.3 is 5.32 Å². The average molecular weight is 327 g/mol. The lowest BCUT2D eigenvalue weighted by Gasteiger charge is -2.06. The van der Waals surface area contributed by atoms with Crippen molar-refractivity contribution in [3.05, 3.63) is 64.2 Å². The number of nitro benzene ring substituents is 1. The first-order valence-electron chi connectivity index (χ1n) is 7.30. The van der Waals surface area contributed by atoms with Crippen molar-refractivity contribution in [2.24, 2.45) is 0 Å². The van der Waals surface area contributed by atoms with Crippen molar-refractivity contribution in [2.75, 3.05) is 24.7 Å². The van der Waals surface area contributed by atoms with Crippen molar-refractivity contribution in [2.45, 2.75) is 6.92 Å². The maximum atomic E-state index is 12.1. The molecule has 0 saturated carbocycles. The van der Waals surface area contributed by atoms with Crippen LogP contribution in [0.4, 0.5) is 17.1 Å². The summed E-state index contributed by atoms with van der Waals surface area (Å²) in [5.41, 5.74) is 1.87. The van der Waals surface area contributed by atoms with E-state index in [4.69, 9.17) is 0 Å². The molecule has 124 valence electrons. The Hall–Kier alpha value is -3.22. The number of carbonyl (C=O) groups excluding carboxylic acids is 1. The number of nitrogens with one attached hydrogen (secondary N) is 2. The summed E-state index contributed by atoms with van der Waals surface area (Å²) >= 11 is 0. The van der Waals surface area contributed by atoms with Crippen molar-refractivity contribution >= 4 is 28.8 Å². The topological polar surface area (TPSA) is 87.3 Å². The summed E-state index contributed by atoms with van der Waals surface area (Å²) in [4.78, 5) is 22.3. The lowest BCUT2D eigenvalue weighted by molar-refractivity contribution is -0.464. The molecule has 0 saturated heterocycles. The molecule has 0 heterocycles. The van der Waals surface area contributed by atoms with Crippen LogP contribution in [0.1, 0.15) is 17.3 Å².